The zero-order chi connectivity index (χ0) is 13.1. The van der Waals surface area contributed by atoms with Crippen molar-refractivity contribution in [1.82, 2.24) is 0 Å². The second-order valence-corrected chi connectivity index (χ2v) is 4.39. The minimum atomic E-state index is -0.459. The van der Waals surface area contributed by atoms with Crippen molar-refractivity contribution in [2.24, 2.45) is 0 Å². The highest BCUT2D eigenvalue weighted by Gasteiger charge is 2.06. The summed E-state index contributed by atoms with van der Waals surface area (Å²) in [6, 6.07) is 10.8. The lowest BCUT2D eigenvalue weighted by molar-refractivity contribution is 0.627. The molecule has 2 aromatic carbocycles. The van der Waals surface area contributed by atoms with Gasteiger partial charge in [0.15, 0.2) is 0 Å². The maximum absolute atomic E-state index is 13.0. The van der Waals surface area contributed by atoms with Gasteiger partial charge in [0.2, 0.25) is 0 Å². The van der Waals surface area contributed by atoms with E-state index in [0.29, 0.717) is 21.4 Å². The Morgan fingerprint density at radius 3 is 2.44 bits per heavy atom. The van der Waals surface area contributed by atoms with Crippen molar-refractivity contribution in [2.75, 3.05) is 5.32 Å². The molecule has 2 nitrogen and oxygen atoms in total. The number of hydrogen-bond acceptors (Lipinski definition) is 2. The SMILES string of the molecule is N#Cc1cc(F)ccc1Nc1ccc(Cl)cc1Cl. The fraction of sp³-hybridized carbons (Fsp3) is 0. The van der Waals surface area contributed by atoms with E-state index < -0.39 is 5.82 Å². The Hall–Kier alpha value is -1.76. The number of halogens is 3. The molecule has 2 aromatic rings. The van der Waals surface area contributed by atoms with Crippen LogP contribution in [0.15, 0.2) is 36.4 Å². The maximum atomic E-state index is 13.0. The van der Waals surface area contributed by atoms with E-state index >= 15 is 0 Å². The van der Waals surface area contributed by atoms with Crippen LogP contribution >= 0.6 is 23.2 Å². The average molecular weight is 281 g/mol. The molecule has 0 aromatic heterocycles. The standard InChI is InChI=1S/C13H7Cl2FN2/c14-9-1-3-13(11(15)6-9)18-12-4-2-10(16)5-8(12)7-17/h1-6,18H. The van der Waals surface area contributed by atoms with Crippen molar-refractivity contribution in [1.29, 1.82) is 5.26 Å². The first-order valence-electron chi connectivity index (χ1n) is 5.02. The highest BCUT2D eigenvalue weighted by Crippen LogP contribution is 2.29. The lowest BCUT2D eigenvalue weighted by Gasteiger charge is -2.10. The molecule has 0 aliphatic heterocycles. The smallest absolute Gasteiger partial charge is 0.124 e. The molecule has 0 saturated carbocycles. The van der Waals surface area contributed by atoms with Gasteiger partial charge in [-0.05, 0) is 36.4 Å². The first-order chi connectivity index (χ1) is 8.60. The van der Waals surface area contributed by atoms with Crippen LogP contribution in [-0.4, -0.2) is 0 Å². The number of nitrogens with one attached hydrogen (secondary N) is 1. The minimum absolute atomic E-state index is 0.209. The van der Waals surface area contributed by atoms with E-state index in [9.17, 15) is 4.39 Å². The van der Waals surface area contributed by atoms with Crippen molar-refractivity contribution < 1.29 is 4.39 Å². The number of nitrogens with zero attached hydrogens (tertiary/aromatic N) is 1. The van der Waals surface area contributed by atoms with Crippen LogP contribution in [0, 0.1) is 17.1 Å². The number of rotatable bonds is 2. The summed E-state index contributed by atoms with van der Waals surface area (Å²) >= 11 is 11.8. The third-order valence-electron chi connectivity index (χ3n) is 2.30. The monoisotopic (exact) mass is 280 g/mol. The molecule has 0 aliphatic rings. The predicted molar refractivity (Wildman–Crippen MR) is 70.9 cm³/mol. The number of hydrogen-bond donors (Lipinski definition) is 1. The summed E-state index contributed by atoms with van der Waals surface area (Å²) in [5, 5.41) is 12.8. The molecule has 5 heteroatoms. The van der Waals surface area contributed by atoms with Gasteiger partial charge in [-0.25, -0.2) is 4.39 Å². The Morgan fingerprint density at radius 1 is 1.06 bits per heavy atom. The summed E-state index contributed by atoms with van der Waals surface area (Å²) in [6.07, 6.45) is 0. The number of anilines is 2. The van der Waals surface area contributed by atoms with Crippen LogP contribution < -0.4 is 5.32 Å². The summed E-state index contributed by atoms with van der Waals surface area (Å²) in [5.74, 6) is -0.459. The maximum Gasteiger partial charge on any atom is 0.124 e. The van der Waals surface area contributed by atoms with Crippen molar-refractivity contribution in [3.8, 4) is 6.07 Å². The van der Waals surface area contributed by atoms with Gasteiger partial charge in [-0.2, -0.15) is 5.26 Å². The fourth-order valence-corrected chi connectivity index (χ4v) is 1.91. The van der Waals surface area contributed by atoms with E-state index in [-0.39, 0.29) is 5.56 Å². The highest BCUT2D eigenvalue weighted by atomic mass is 35.5. The highest BCUT2D eigenvalue weighted by molar-refractivity contribution is 6.36. The molecule has 0 unspecified atom stereocenters. The van der Waals surface area contributed by atoms with Gasteiger partial charge < -0.3 is 5.32 Å². The lowest BCUT2D eigenvalue weighted by Crippen LogP contribution is -1.95. The number of nitriles is 1. The van der Waals surface area contributed by atoms with Crippen LogP contribution in [0.2, 0.25) is 10.0 Å². The second kappa shape index (κ2) is 5.26. The van der Waals surface area contributed by atoms with Gasteiger partial charge >= 0.3 is 0 Å². The molecule has 0 atom stereocenters. The normalized spacial score (nSPS) is 9.89. The molecule has 0 radical (unpaired) electrons. The molecule has 90 valence electrons. The predicted octanol–water partition coefficient (Wildman–Crippen LogP) is 4.75. The van der Waals surface area contributed by atoms with Gasteiger partial charge in [-0.1, -0.05) is 23.2 Å². The van der Waals surface area contributed by atoms with Gasteiger partial charge in [0, 0.05) is 5.02 Å². The molecule has 0 bridgehead atoms. The lowest BCUT2D eigenvalue weighted by atomic mass is 10.2. The molecule has 18 heavy (non-hydrogen) atoms. The Balaban J connectivity index is 2.37. The molecule has 0 fully saturated rings. The van der Waals surface area contributed by atoms with Crippen LogP contribution in [0.1, 0.15) is 5.56 Å². The molecular weight excluding hydrogens is 274 g/mol. The van der Waals surface area contributed by atoms with E-state index in [0.717, 1.165) is 6.07 Å². The van der Waals surface area contributed by atoms with Crippen molar-refractivity contribution >= 4 is 34.6 Å². The van der Waals surface area contributed by atoms with E-state index in [2.05, 4.69) is 5.32 Å². The Morgan fingerprint density at radius 2 is 1.78 bits per heavy atom. The quantitative estimate of drug-likeness (QED) is 0.862. The van der Waals surface area contributed by atoms with Crippen LogP contribution in [0.4, 0.5) is 15.8 Å². The van der Waals surface area contributed by atoms with E-state index in [4.69, 9.17) is 28.5 Å². The van der Waals surface area contributed by atoms with Crippen LogP contribution in [0.25, 0.3) is 0 Å². The first-order valence-corrected chi connectivity index (χ1v) is 5.77. The second-order valence-electron chi connectivity index (χ2n) is 3.55. The average Bonchev–Trinajstić information content (AvgIpc) is 2.34. The summed E-state index contributed by atoms with van der Waals surface area (Å²) in [7, 11) is 0. The Labute approximate surface area is 114 Å². The Bertz CT molecular complexity index is 635. The third kappa shape index (κ3) is 2.73. The molecule has 1 N–H and O–H groups in total. The van der Waals surface area contributed by atoms with Crippen molar-refractivity contribution in [3.05, 3.63) is 57.8 Å². The van der Waals surface area contributed by atoms with Crippen LogP contribution in [0.3, 0.4) is 0 Å². The molecule has 2 rings (SSSR count). The fourth-order valence-electron chi connectivity index (χ4n) is 1.45. The summed E-state index contributed by atoms with van der Waals surface area (Å²) < 4.78 is 13.0. The van der Waals surface area contributed by atoms with E-state index in [1.165, 1.54) is 12.1 Å². The van der Waals surface area contributed by atoms with Gasteiger partial charge in [0.05, 0.1) is 22.0 Å². The van der Waals surface area contributed by atoms with E-state index in [1.54, 1.807) is 18.2 Å². The first kappa shape index (κ1) is 12.7. The van der Waals surface area contributed by atoms with Gasteiger partial charge in [0.1, 0.15) is 11.9 Å². The number of benzene rings is 2. The molecule has 0 spiro atoms. The summed E-state index contributed by atoms with van der Waals surface area (Å²) in [4.78, 5) is 0. The Kier molecular flexibility index (Phi) is 3.71. The molecular formula is C13H7Cl2FN2. The van der Waals surface area contributed by atoms with Gasteiger partial charge in [0.25, 0.3) is 0 Å². The minimum Gasteiger partial charge on any atom is -0.353 e. The van der Waals surface area contributed by atoms with Gasteiger partial charge in [-0.3, -0.25) is 0 Å². The molecule has 0 aliphatic carbocycles. The topological polar surface area (TPSA) is 35.8 Å². The van der Waals surface area contributed by atoms with Crippen molar-refractivity contribution in [3.63, 3.8) is 0 Å². The molecule has 0 heterocycles. The van der Waals surface area contributed by atoms with Gasteiger partial charge in [-0.15, -0.1) is 0 Å². The summed E-state index contributed by atoms with van der Waals surface area (Å²) in [6.45, 7) is 0. The van der Waals surface area contributed by atoms with Crippen molar-refractivity contribution in [2.45, 2.75) is 0 Å². The largest absolute Gasteiger partial charge is 0.353 e. The molecule has 0 amide bonds. The zero-order valence-corrected chi connectivity index (χ0v) is 10.6. The third-order valence-corrected chi connectivity index (χ3v) is 2.85. The summed E-state index contributed by atoms with van der Waals surface area (Å²) in [5.41, 5.74) is 1.30. The van der Waals surface area contributed by atoms with Crippen LogP contribution in [-0.2, 0) is 0 Å². The van der Waals surface area contributed by atoms with E-state index in [1.807, 2.05) is 6.07 Å². The molecule has 0 saturated heterocycles. The zero-order valence-electron chi connectivity index (χ0n) is 9.05. The van der Waals surface area contributed by atoms with Crippen LogP contribution in [0.5, 0.6) is 0 Å².